The van der Waals surface area contributed by atoms with E-state index in [1.54, 1.807) is 47.5 Å². The maximum atomic E-state index is 13.0. The minimum Gasteiger partial charge on any atom is -0.459 e. The van der Waals surface area contributed by atoms with Gasteiger partial charge in [-0.15, -0.1) is 0 Å². The molecule has 7 heteroatoms. The van der Waals surface area contributed by atoms with Gasteiger partial charge in [0.2, 0.25) is 0 Å². The Kier molecular flexibility index (Phi) is 5.71. The van der Waals surface area contributed by atoms with Crippen molar-refractivity contribution in [1.29, 1.82) is 0 Å². The smallest absolute Gasteiger partial charge is 0.291 e. The number of hydrogen-bond donors (Lipinski definition) is 1. The fraction of sp³-hybridized carbons (Fsp3) is 0.150. The quantitative estimate of drug-likeness (QED) is 0.641. The molecule has 2 heterocycles. The third-order valence-corrected chi connectivity index (χ3v) is 4.50. The molecule has 0 bridgehead atoms. The summed E-state index contributed by atoms with van der Waals surface area (Å²) in [6.45, 7) is 4.21. The number of halogens is 1. The molecule has 27 heavy (non-hydrogen) atoms. The molecule has 0 saturated carbocycles. The average molecular weight is 428 g/mol. The highest BCUT2D eigenvalue weighted by Crippen LogP contribution is 2.22. The molecule has 3 aromatic rings. The standard InChI is InChI=1S/C20H18BrN3O3/c1-3-24(18-9-8-15(21)12-22-18)20(26)14-7-6-13(2)16(11-14)23-19(25)17-5-4-10-27-17/h4-12H,3H2,1-2H3,(H,23,25). The first-order valence-corrected chi connectivity index (χ1v) is 9.18. The molecule has 0 aliphatic heterocycles. The Bertz CT molecular complexity index is 953. The van der Waals surface area contributed by atoms with Crippen molar-refractivity contribution in [3.05, 3.63) is 76.3 Å². The maximum absolute atomic E-state index is 13.0. The van der Waals surface area contributed by atoms with Crippen LogP contribution in [0.2, 0.25) is 0 Å². The number of aromatic nitrogens is 1. The molecule has 6 nitrogen and oxygen atoms in total. The number of benzene rings is 1. The molecule has 0 saturated heterocycles. The van der Waals surface area contributed by atoms with Gasteiger partial charge in [-0.3, -0.25) is 14.5 Å². The molecule has 0 spiro atoms. The van der Waals surface area contributed by atoms with Crippen LogP contribution in [-0.2, 0) is 0 Å². The number of amides is 2. The highest BCUT2D eigenvalue weighted by Gasteiger charge is 2.19. The second-order valence-electron chi connectivity index (χ2n) is 5.85. The van der Waals surface area contributed by atoms with Crippen LogP contribution in [0, 0.1) is 6.92 Å². The fourth-order valence-electron chi connectivity index (χ4n) is 2.57. The van der Waals surface area contributed by atoms with Crippen LogP contribution in [-0.4, -0.2) is 23.3 Å². The Labute approximate surface area is 165 Å². The van der Waals surface area contributed by atoms with E-state index in [-0.39, 0.29) is 17.6 Å². The molecule has 0 unspecified atom stereocenters. The van der Waals surface area contributed by atoms with Gasteiger partial charge < -0.3 is 9.73 Å². The lowest BCUT2D eigenvalue weighted by molar-refractivity contribution is 0.0981. The van der Waals surface area contributed by atoms with Gasteiger partial charge in [0, 0.05) is 28.5 Å². The first-order chi connectivity index (χ1) is 13.0. The van der Waals surface area contributed by atoms with Crippen LogP contribution >= 0.6 is 15.9 Å². The first-order valence-electron chi connectivity index (χ1n) is 8.38. The summed E-state index contributed by atoms with van der Waals surface area (Å²) in [5.74, 6) is 0.211. The highest BCUT2D eigenvalue weighted by molar-refractivity contribution is 9.10. The van der Waals surface area contributed by atoms with E-state index in [1.165, 1.54) is 6.26 Å². The summed E-state index contributed by atoms with van der Waals surface area (Å²) in [5, 5.41) is 2.79. The Morgan fingerprint density at radius 1 is 1.22 bits per heavy atom. The number of nitrogens with zero attached hydrogens (tertiary/aromatic N) is 2. The van der Waals surface area contributed by atoms with Gasteiger partial charge in [0.05, 0.1) is 6.26 Å². The number of anilines is 2. The number of carbonyl (C=O) groups excluding carboxylic acids is 2. The number of carbonyl (C=O) groups is 2. The SMILES string of the molecule is CCN(C(=O)c1ccc(C)c(NC(=O)c2ccco2)c1)c1ccc(Br)cn1. The zero-order valence-electron chi connectivity index (χ0n) is 14.9. The summed E-state index contributed by atoms with van der Waals surface area (Å²) >= 11 is 3.34. The van der Waals surface area contributed by atoms with E-state index >= 15 is 0 Å². The van der Waals surface area contributed by atoms with E-state index in [2.05, 4.69) is 26.2 Å². The zero-order chi connectivity index (χ0) is 19.4. The average Bonchev–Trinajstić information content (AvgIpc) is 3.20. The topological polar surface area (TPSA) is 75.4 Å². The van der Waals surface area contributed by atoms with Crippen LogP contribution in [0.25, 0.3) is 0 Å². The lowest BCUT2D eigenvalue weighted by atomic mass is 10.1. The molecular formula is C20H18BrN3O3. The van der Waals surface area contributed by atoms with E-state index in [0.29, 0.717) is 23.6 Å². The van der Waals surface area contributed by atoms with Crippen molar-refractivity contribution in [3.63, 3.8) is 0 Å². The van der Waals surface area contributed by atoms with Crippen LogP contribution in [0.3, 0.4) is 0 Å². The van der Waals surface area contributed by atoms with Crippen molar-refractivity contribution < 1.29 is 14.0 Å². The predicted octanol–water partition coefficient (Wildman–Crippen LogP) is 4.66. The Hall–Kier alpha value is -2.93. The molecule has 0 radical (unpaired) electrons. The van der Waals surface area contributed by atoms with Crippen LogP contribution in [0.5, 0.6) is 0 Å². The monoisotopic (exact) mass is 427 g/mol. The van der Waals surface area contributed by atoms with Crippen molar-refractivity contribution in [2.24, 2.45) is 0 Å². The highest BCUT2D eigenvalue weighted by atomic mass is 79.9. The van der Waals surface area contributed by atoms with Gasteiger partial charge in [0.15, 0.2) is 5.76 Å². The van der Waals surface area contributed by atoms with Crippen LogP contribution < -0.4 is 10.2 Å². The number of furan rings is 1. The third kappa shape index (κ3) is 4.25. The second kappa shape index (κ2) is 8.18. The lowest BCUT2D eigenvalue weighted by Gasteiger charge is -2.20. The van der Waals surface area contributed by atoms with Gasteiger partial charge in [-0.2, -0.15) is 0 Å². The first kappa shape index (κ1) is 18.8. The number of aryl methyl sites for hydroxylation is 1. The Morgan fingerprint density at radius 3 is 2.67 bits per heavy atom. The van der Waals surface area contributed by atoms with Crippen molar-refractivity contribution in [3.8, 4) is 0 Å². The number of rotatable bonds is 5. The van der Waals surface area contributed by atoms with Gasteiger partial charge in [-0.05, 0) is 71.7 Å². The summed E-state index contributed by atoms with van der Waals surface area (Å²) in [6.07, 6.45) is 3.08. The molecule has 2 amide bonds. The molecule has 1 aromatic carbocycles. The molecule has 138 valence electrons. The summed E-state index contributed by atoms with van der Waals surface area (Å²) in [5.41, 5.74) is 1.86. The zero-order valence-corrected chi connectivity index (χ0v) is 16.5. The van der Waals surface area contributed by atoms with Gasteiger partial charge >= 0.3 is 0 Å². The number of pyridine rings is 1. The van der Waals surface area contributed by atoms with Gasteiger partial charge in [0.25, 0.3) is 11.8 Å². The van der Waals surface area contributed by atoms with Crippen LogP contribution in [0.15, 0.2) is 63.8 Å². The molecule has 3 rings (SSSR count). The van der Waals surface area contributed by atoms with Crippen LogP contribution in [0.4, 0.5) is 11.5 Å². The third-order valence-electron chi connectivity index (χ3n) is 4.03. The van der Waals surface area contributed by atoms with E-state index in [0.717, 1.165) is 10.0 Å². The second-order valence-corrected chi connectivity index (χ2v) is 6.76. The Morgan fingerprint density at radius 2 is 2.04 bits per heavy atom. The molecule has 0 aliphatic carbocycles. The maximum Gasteiger partial charge on any atom is 0.291 e. The summed E-state index contributed by atoms with van der Waals surface area (Å²) in [6, 6.07) is 12.0. The normalized spacial score (nSPS) is 10.5. The number of nitrogens with one attached hydrogen (secondary N) is 1. The van der Waals surface area contributed by atoms with Crippen molar-refractivity contribution in [2.75, 3.05) is 16.8 Å². The fourth-order valence-corrected chi connectivity index (χ4v) is 2.81. The van der Waals surface area contributed by atoms with Crippen molar-refractivity contribution in [2.45, 2.75) is 13.8 Å². The minimum absolute atomic E-state index is 0.194. The number of hydrogen-bond acceptors (Lipinski definition) is 4. The van der Waals surface area contributed by atoms with E-state index in [4.69, 9.17) is 4.42 Å². The molecule has 2 aromatic heterocycles. The van der Waals surface area contributed by atoms with E-state index in [1.807, 2.05) is 19.9 Å². The van der Waals surface area contributed by atoms with Gasteiger partial charge in [-0.1, -0.05) is 6.07 Å². The molecule has 0 aliphatic rings. The summed E-state index contributed by atoms with van der Waals surface area (Å²) in [7, 11) is 0. The summed E-state index contributed by atoms with van der Waals surface area (Å²) in [4.78, 5) is 31.1. The largest absolute Gasteiger partial charge is 0.459 e. The molecular weight excluding hydrogens is 410 g/mol. The van der Waals surface area contributed by atoms with Gasteiger partial charge in [-0.25, -0.2) is 4.98 Å². The molecule has 0 fully saturated rings. The lowest BCUT2D eigenvalue weighted by Crippen LogP contribution is -2.31. The van der Waals surface area contributed by atoms with Gasteiger partial charge in [0.1, 0.15) is 5.82 Å². The summed E-state index contributed by atoms with van der Waals surface area (Å²) < 4.78 is 5.95. The van der Waals surface area contributed by atoms with E-state index in [9.17, 15) is 9.59 Å². The Balaban J connectivity index is 1.86. The van der Waals surface area contributed by atoms with E-state index < -0.39 is 0 Å². The van der Waals surface area contributed by atoms with Crippen molar-refractivity contribution in [1.82, 2.24) is 4.98 Å². The predicted molar refractivity (Wildman–Crippen MR) is 107 cm³/mol. The van der Waals surface area contributed by atoms with Crippen LogP contribution in [0.1, 0.15) is 33.4 Å². The van der Waals surface area contributed by atoms with Crippen molar-refractivity contribution >= 4 is 39.2 Å². The molecule has 1 N–H and O–H groups in total. The molecule has 0 atom stereocenters. The minimum atomic E-state index is -0.366.